The third kappa shape index (κ3) is 3.35. The first kappa shape index (κ1) is 13.1. The molecule has 1 heterocycles. The first-order valence-corrected chi connectivity index (χ1v) is 7.42. The van der Waals surface area contributed by atoms with Gasteiger partial charge in [0.25, 0.3) is 0 Å². The quantitative estimate of drug-likeness (QED) is 0.826. The maximum atomic E-state index is 9.54. The largest absolute Gasteiger partial charge is 0.394 e. The zero-order valence-corrected chi connectivity index (χ0v) is 11.3. The topological polar surface area (TPSA) is 41.5 Å². The Kier molecular flexibility index (Phi) is 4.16. The van der Waals surface area contributed by atoms with E-state index in [2.05, 4.69) is 29.6 Å². The number of rotatable bonds is 6. The van der Waals surface area contributed by atoms with Gasteiger partial charge in [0.2, 0.25) is 0 Å². The van der Waals surface area contributed by atoms with E-state index in [4.69, 9.17) is 4.74 Å². The van der Waals surface area contributed by atoms with Crippen LogP contribution in [-0.2, 0) is 4.74 Å². The molecule has 2 fully saturated rings. The van der Waals surface area contributed by atoms with Crippen LogP contribution in [0.25, 0.3) is 0 Å². The van der Waals surface area contributed by atoms with E-state index in [-0.39, 0.29) is 12.6 Å². The highest BCUT2D eigenvalue weighted by atomic mass is 16.5. The smallest absolute Gasteiger partial charge is 0.0700 e. The van der Waals surface area contributed by atoms with Crippen molar-refractivity contribution in [1.29, 1.82) is 0 Å². The lowest BCUT2D eigenvalue weighted by Gasteiger charge is -2.19. The van der Waals surface area contributed by atoms with Crippen LogP contribution < -0.4 is 5.32 Å². The van der Waals surface area contributed by atoms with Crippen LogP contribution in [-0.4, -0.2) is 31.0 Å². The van der Waals surface area contributed by atoms with E-state index in [0.717, 1.165) is 31.9 Å². The molecule has 1 aromatic rings. The molecular weight excluding hydrogens is 238 g/mol. The minimum absolute atomic E-state index is 0.0254. The van der Waals surface area contributed by atoms with E-state index >= 15 is 0 Å². The van der Waals surface area contributed by atoms with Crippen molar-refractivity contribution >= 4 is 0 Å². The summed E-state index contributed by atoms with van der Waals surface area (Å²) in [5.74, 6) is 0.793. The highest BCUT2D eigenvalue weighted by Crippen LogP contribution is 2.40. The second kappa shape index (κ2) is 6.04. The zero-order chi connectivity index (χ0) is 13.1. The van der Waals surface area contributed by atoms with Crippen LogP contribution in [0.3, 0.4) is 0 Å². The number of nitrogens with one attached hydrogen (secondary N) is 1. The van der Waals surface area contributed by atoms with Crippen LogP contribution in [0.15, 0.2) is 24.3 Å². The number of aliphatic hydroxyl groups excluding tert-OH is 1. The van der Waals surface area contributed by atoms with E-state index in [9.17, 15) is 5.11 Å². The van der Waals surface area contributed by atoms with Crippen LogP contribution in [0.5, 0.6) is 0 Å². The monoisotopic (exact) mass is 261 g/mol. The third-order valence-electron chi connectivity index (χ3n) is 4.19. The highest BCUT2D eigenvalue weighted by molar-refractivity contribution is 5.29. The number of hydrogen-bond donors (Lipinski definition) is 2. The van der Waals surface area contributed by atoms with Crippen molar-refractivity contribution in [2.24, 2.45) is 0 Å². The summed E-state index contributed by atoms with van der Waals surface area (Å²) >= 11 is 0. The van der Waals surface area contributed by atoms with Crippen LogP contribution in [0.4, 0.5) is 0 Å². The summed E-state index contributed by atoms with van der Waals surface area (Å²) in [4.78, 5) is 0. The number of ether oxygens (including phenoxy) is 1. The van der Waals surface area contributed by atoms with Gasteiger partial charge in [-0.25, -0.2) is 0 Å². The van der Waals surface area contributed by atoms with Crippen LogP contribution in [0.2, 0.25) is 0 Å². The molecule has 1 saturated carbocycles. The van der Waals surface area contributed by atoms with E-state index in [1.165, 1.54) is 24.0 Å². The molecule has 2 N–H and O–H groups in total. The standard InChI is InChI=1S/C16H23NO2/c18-11-16(17-10-15-2-1-9-19-15)14-7-5-13(6-8-14)12-3-4-12/h5-8,12,15-18H,1-4,9-11H2. The second-order valence-corrected chi connectivity index (χ2v) is 5.72. The summed E-state index contributed by atoms with van der Waals surface area (Å²) < 4.78 is 5.60. The summed E-state index contributed by atoms with van der Waals surface area (Å²) in [6.45, 7) is 1.84. The fraction of sp³-hybridized carbons (Fsp3) is 0.625. The first-order chi connectivity index (χ1) is 9.36. The number of aliphatic hydroxyl groups is 1. The third-order valence-corrected chi connectivity index (χ3v) is 4.19. The summed E-state index contributed by atoms with van der Waals surface area (Å²) in [5, 5.41) is 13.0. The molecule has 0 amide bonds. The molecule has 0 spiro atoms. The molecule has 2 aliphatic rings. The van der Waals surface area contributed by atoms with Gasteiger partial charge in [0.1, 0.15) is 0 Å². The average Bonchev–Trinajstić information content (AvgIpc) is 3.17. The normalized spacial score (nSPS) is 24.6. The van der Waals surface area contributed by atoms with Crippen molar-refractivity contribution < 1.29 is 9.84 Å². The van der Waals surface area contributed by atoms with Crippen molar-refractivity contribution in [3.05, 3.63) is 35.4 Å². The van der Waals surface area contributed by atoms with Gasteiger partial charge in [-0.1, -0.05) is 24.3 Å². The number of hydrogen-bond acceptors (Lipinski definition) is 3. The molecule has 3 rings (SSSR count). The Morgan fingerprint density at radius 3 is 2.58 bits per heavy atom. The molecule has 3 heteroatoms. The van der Waals surface area contributed by atoms with E-state index in [1.54, 1.807) is 0 Å². The van der Waals surface area contributed by atoms with Gasteiger partial charge in [-0.15, -0.1) is 0 Å². The van der Waals surface area contributed by atoms with Crippen molar-refractivity contribution in [2.75, 3.05) is 19.8 Å². The van der Waals surface area contributed by atoms with Crippen LogP contribution >= 0.6 is 0 Å². The van der Waals surface area contributed by atoms with E-state index in [1.807, 2.05) is 0 Å². The Labute approximate surface area is 115 Å². The maximum absolute atomic E-state index is 9.54. The van der Waals surface area contributed by atoms with Gasteiger partial charge in [-0.3, -0.25) is 0 Å². The van der Waals surface area contributed by atoms with E-state index < -0.39 is 0 Å². The SMILES string of the molecule is OCC(NCC1CCCO1)c1ccc(C2CC2)cc1. The minimum atomic E-state index is 0.0254. The van der Waals surface area contributed by atoms with Gasteiger partial charge in [-0.2, -0.15) is 0 Å². The van der Waals surface area contributed by atoms with Crippen LogP contribution in [0, 0.1) is 0 Å². The second-order valence-electron chi connectivity index (χ2n) is 5.72. The van der Waals surface area contributed by atoms with Crippen molar-refractivity contribution in [1.82, 2.24) is 5.32 Å². The molecule has 0 radical (unpaired) electrons. The fourth-order valence-corrected chi connectivity index (χ4v) is 2.78. The Balaban J connectivity index is 1.57. The molecule has 1 aromatic carbocycles. The lowest BCUT2D eigenvalue weighted by molar-refractivity contribution is 0.104. The average molecular weight is 261 g/mol. The molecule has 19 heavy (non-hydrogen) atoms. The molecule has 2 unspecified atom stereocenters. The van der Waals surface area contributed by atoms with Gasteiger partial charge < -0.3 is 15.2 Å². The Morgan fingerprint density at radius 2 is 2.00 bits per heavy atom. The molecule has 2 atom stereocenters. The van der Waals surface area contributed by atoms with Gasteiger partial charge >= 0.3 is 0 Å². The van der Waals surface area contributed by atoms with Gasteiger partial charge in [0.05, 0.1) is 18.8 Å². The maximum Gasteiger partial charge on any atom is 0.0700 e. The van der Waals surface area contributed by atoms with Crippen molar-refractivity contribution in [3.8, 4) is 0 Å². The summed E-state index contributed by atoms with van der Waals surface area (Å²) in [6, 6.07) is 8.75. The van der Waals surface area contributed by atoms with E-state index in [0.29, 0.717) is 6.10 Å². The summed E-state index contributed by atoms with van der Waals surface area (Å²) in [5.41, 5.74) is 2.62. The predicted molar refractivity (Wildman–Crippen MR) is 75.2 cm³/mol. The lowest BCUT2D eigenvalue weighted by atomic mass is 10.0. The Morgan fingerprint density at radius 1 is 1.21 bits per heavy atom. The molecule has 104 valence electrons. The number of benzene rings is 1. The fourth-order valence-electron chi connectivity index (χ4n) is 2.78. The Hall–Kier alpha value is -0.900. The zero-order valence-electron chi connectivity index (χ0n) is 11.3. The van der Waals surface area contributed by atoms with Crippen LogP contribution in [0.1, 0.15) is 48.8 Å². The predicted octanol–water partition coefficient (Wildman–Crippen LogP) is 2.37. The molecular formula is C16H23NO2. The molecule has 1 aliphatic carbocycles. The minimum Gasteiger partial charge on any atom is -0.394 e. The molecule has 0 aromatic heterocycles. The molecule has 1 aliphatic heterocycles. The van der Waals surface area contributed by atoms with Gasteiger partial charge in [-0.05, 0) is 42.7 Å². The highest BCUT2D eigenvalue weighted by Gasteiger charge is 2.23. The first-order valence-electron chi connectivity index (χ1n) is 7.42. The molecule has 1 saturated heterocycles. The van der Waals surface area contributed by atoms with Gasteiger partial charge in [0, 0.05) is 13.2 Å². The lowest BCUT2D eigenvalue weighted by Crippen LogP contribution is -2.31. The molecule has 0 bridgehead atoms. The Bertz CT molecular complexity index is 394. The summed E-state index contributed by atoms with van der Waals surface area (Å²) in [6.07, 6.45) is 5.28. The van der Waals surface area contributed by atoms with Crippen molar-refractivity contribution in [2.45, 2.75) is 43.7 Å². The summed E-state index contributed by atoms with van der Waals surface area (Å²) in [7, 11) is 0. The molecule has 3 nitrogen and oxygen atoms in total. The van der Waals surface area contributed by atoms with Crippen molar-refractivity contribution in [3.63, 3.8) is 0 Å². The van der Waals surface area contributed by atoms with Gasteiger partial charge in [0.15, 0.2) is 0 Å².